The van der Waals surface area contributed by atoms with Crippen molar-refractivity contribution in [2.24, 2.45) is 0 Å². The number of hydrogen-bond acceptors (Lipinski definition) is 5. The van der Waals surface area contributed by atoms with Crippen LogP contribution >= 0.6 is 11.8 Å². The van der Waals surface area contributed by atoms with Crippen LogP contribution in [0.2, 0.25) is 0 Å². The molecule has 0 aliphatic carbocycles. The summed E-state index contributed by atoms with van der Waals surface area (Å²) in [5.74, 6) is -0.519. The summed E-state index contributed by atoms with van der Waals surface area (Å²) in [5, 5.41) is 8.99. The van der Waals surface area contributed by atoms with Crippen LogP contribution in [-0.4, -0.2) is 38.6 Å². The molecule has 0 fully saturated rings. The molecule has 0 bridgehead atoms. The highest BCUT2D eigenvalue weighted by atomic mass is 32.2. The van der Waals surface area contributed by atoms with Crippen LogP contribution in [0, 0.1) is 0 Å². The maximum Gasteiger partial charge on any atom is 0.405 e. The lowest BCUT2D eigenvalue weighted by Crippen LogP contribution is -2.38. The van der Waals surface area contributed by atoms with Crippen LogP contribution in [0.1, 0.15) is 26.8 Å². The molecule has 20 heavy (non-hydrogen) atoms. The van der Waals surface area contributed by atoms with E-state index in [9.17, 15) is 18.0 Å². The van der Waals surface area contributed by atoms with Crippen molar-refractivity contribution in [1.82, 2.24) is 20.1 Å². The largest absolute Gasteiger partial charge is 0.405 e. The number of hydrogen-bond donors (Lipinski definition) is 2. The van der Waals surface area contributed by atoms with E-state index in [-0.39, 0.29) is 12.0 Å². The summed E-state index contributed by atoms with van der Waals surface area (Å²) in [7, 11) is 0. The van der Waals surface area contributed by atoms with Gasteiger partial charge in [-0.05, 0) is 20.8 Å². The quantitative estimate of drug-likeness (QED) is 0.807. The first-order chi connectivity index (χ1) is 9.11. The summed E-state index contributed by atoms with van der Waals surface area (Å²) >= 11 is 1.01. The molecule has 0 saturated heterocycles. The summed E-state index contributed by atoms with van der Waals surface area (Å²) in [6.45, 7) is 3.86. The molecule has 1 amide bonds. The Morgan fingerprint density at radius 3 is 2.50 bits per heavy atom. The van der Waals surface area contributed by atoms with E-state index >= 15 is 0 Å². The molecule has 1 atom stereocenters. The number of rotatable bonds is 5. The van der Waals surface area contributed by atoms with E-state index < -0.39 is 23.9 Å². The van der Waals surface area contributed by atoms with E-state index in [0.717, 1.165) is 11.8 Å². The lowest BCUT2D eigenvalue weighted by atomic mass is 10.4. The lowest BCUT2D eigenvalue weighted by Gasteiger charge is -2.15. The van der Waals surface area contributed by atoms with Gasteiger partial charge in [-0.15, -0.1) is 10.2 Å². The Hall–Kier alpha value is -1.45. The minimum atomic E-state index is -4.43. The van der Waals surface area contributed by atoms with Crippen LogP contribution in [0.5, 0.6) is 0 Å². The number of carbonyl (C=O) groups excluding carboxylic acids is 1. The van der Waals surface area contributed by atoms with Gasteiger partial charge >= 0.3 is 6.18 Å². The number of alkyl halides is 3. The number of amides is 1. The molecule has 1 heterocycles. The Bertz CT molecular complexity index is 474. The number of aromatic nitrogens is 3. The molecule has 0 aliphatic heterocycles. The highest BCUT2D eigenvalue weighted by Gasteiger charge is 2.29. The van der Waals surface area contributed by atoms with E-state index in [1.807, 2.05) is 19.2 Å². The summed E-state index contributed by atoms with van der Waals surface area (Å²) in [5.41, 5.74) is 5.64. The third-order valence-corrected chi connectivity index (χ3v) is 3.38. The van der Waals surface area contributed by atoms with Crippen molar-refractivity contribution in [2.45, 2.75) is 43.4 Å². The maximum absolute atomic E-state index is 12.0. The standard InChI is InChI=1S/C10H16F3N5OS/c1-5(2)18-8(14)16-17-9(18)20-6(3)7(19)15-4-10(11,12)13/h5-6H,4H2,1-3H3,(H2,14,16)(H,15,19). The SMILES string of the molecule is CC(Sc1nnc(N)n1C(C)C)C(=O)NCC(F)(F)F. The van der Waals surface area contributed by atoms with Crippen molar-refractivity contribution >= 4 is 23.6 Å². The number of halogens is 3. The van der Waals surface area contributed by atoms with Gasteiger partial charge in [0.25, 0.3) is 0 Å². The highest BCUT2D eigenvalue weighted by Crippen LogP contribution is 2.26. The Labute approximate surface area is 118 Å². The lowest BCUT2D eigenvalue weighted by molar-refractivity contribution is -0.137. The van der Waals surface area contributed by atoms with Crippen LogP contribution in [0.25, 0.3) is 0 Å². The molecule has 1 unspecified atom stereocenters. The number of carbonyl (C=O) groups is 1. The van der Waals surface area contributed by atoms with Gasteiger partial charge in [-0.1, -0.05) is 11.8 Å². The Kier molecular flexibility index (Phi) is 5.26. The molecule has 1 rings (SSSR count). The predicted octanol–water partition coefficient (Wildman–Crippen LogP) is 1.60. The maximum atomic E-state index is 12.0. The van der Waals surface area contributed by atoms with Gasteiger partial charge in [0.1, 0.15) is 6.54 Å². The van der Waals surface area contributed by atoms with Crippen molar-refractivity contribution in [3.63, 3.8) is 0 Å². The second-order valence-electron chi connectivity index (χ2n) is 4.40. The molecule has 10 heteroatoms. The second kappa shape index (κ2) is 6.33. The third kappa shape index (κ3) is 4.58. The summed E-state index contributed by atoms with van der Waals surface area (Å²) in [6, 6.07) is -0.0158. The third-order valence-electron chi connectivity index (χ3n) is 2.32. The summed E-state index contributed by atoms with van der Waals surface area (Å²) in [6.07, 6.45) is -4.43. The van der Waals surface area contributed by atoms with E-state index in [0.29, 0.717) is 5.16 Å². The van der Waals surface area contributed by atoms with Crippen LogP contribution in [-0.2, 0) is 4.79 Å². The molecule has 114 valence electrons. The van der Waals surface area contributed by atoms with Gasteiger partial charge in [-0.25, -0.2) is 0 Å². The monoisotopic (exact) mass is 311 g/mol. The molecular weight excluding hydrogens is 295 g/mol. The summed E-state index contributed by atoms with van der Waals surface area (Å²) < 4.78 is 37.7. The highest BCUT2D eigenvalue weighted by molar-refractivity contribution is 8.00. The minimum absolute atomic E-state index is 0.0158. The van der Waals surface area contributed by atoms with Crippen LogP contribution < -0.4 is 11.1 Å². The summed E-state index contributed by atoms with van der Waals surface area (Å²) in [4.78, 5) is 11.6. The fourth-order valence-electron chi connectivity index (χ4n) is 1.40. The van der Waals surface area contributed by atoms with Crippen molar-refractivity contribution in [3.8, 4) is 0 Å². The van der Waals surface area contributed by atoms with Gasteiger partial charge in [-0.3, -0.25) is 9.36 Å². The van der Waals surface area contributed by atoms with Crippen molar-refractivity contribution in [2.75, 3.05) is 12.3 Å². The molecule has 0 radical (unpaired) electrons. The first-order valence-electron chi connectivity index (χ1n) is 5.83. The fourth-order valence-corrected chi connectivity index (χ4v) is 2.41. The Morgan fingerprint density at radius 1 is 1.40 bits per heavy atom. The van der Waals surface area contributed by atoms with Gasteiger partial charge in [0.15, 0.2) is 5.16 Å². The van der Waals surface area contributed by atoms with E-state index in [2.05, 4.69) is 10.2 Å². The van der Waals surface area contributed by atoms with E-state index in [4.69, 9.17) is 5.73 Å². The molecule has 6 nitrogen and oxygen atoms in total. The molecule has 1 aromatic heterocycles. The zero-order valence-corrected chi connectivity index (χ0v) is 12.0. The van der Waals surface area contributed by atoms with Crippen molar-refractivity contribution in [3.05, 3.63) is 0 Å². The van der Waals surface area contributed by atoms with Gasteiger partial charge in [0.2, 0.25) is 11.9 Å². The number of thioether (sulfide) groups is 1. The number of nitrogen functional groups attached to an aromatic ring is 1. The molecule has 3 N–H and O–H groups in total. The minimum Gasteiger partial charge on any atom is -0.368 e. The number of nitrogens with zero attached hydrogens (tertiary/aromatic N) is 3. The second-order valence-corrected chi connectivity index (χ2v) is 5.71. The smallest absolute Gasteiger partial charge is 0.368 e. The van der Waals surface area contributed by atoms with E-state index in [1.54, 1.807) is 4.57 Å². The van der Waals surface area contributed by atoms with Crippen molar-refractivity contribution < 1.29 is 18.0 Å². The molecule has 0 aromatic carbocycles. The van der Waals surface area contributed by atoms with Gasteiger partial charge in [0, 0.05) is 6.04 Å². The van der Waals surface area contributed by atoms with E-state index in [1.165, 1.54) is 6.92 Å². The average Bonchev–Trinajstić information content (AvgIpc) is 2.66. The van der Waals surface area contributed by atoms with Crippen molar-refractivity contribution in [1.29, 1.82) is 0 Å². The van der Waals surface area contributed by atoms with Crippen LogP contribution in [0.15, 0.2) is 5.16 Å². The molecule has 0 saturated carbocycles. The number of nitrogens with one attached hydrogen (secondary N) is 1. The first kappa shape index (κ1) is 16.6. The Morgan fingerprint density at radius 2 is 2.00 bits per heavy atom. The van der Waals surface area contributed by atoms with Gasteiger partial charge < -0.3 is 11.1 Å². The average molecular weight is 311 g/mol. The predicted molar refractivity (Wildman–Crippen MR) is 69.2 cm³/mol. The fraction of sp³-hybridized carbons (Fsp3) is 0.700. The molecule has 1 aromatic rings. The van der Waals surface area contributed by atoms with Crippen LogP contribution in [0.3, 0.4) is 0 Å². The molecule has 0 aliphatic rings. The molecular formula is C10H16F3N5OS. The number of anilines is 1. The topological polar surface area (TPSA) is 85.8 Å². The van der Waals surface area contributed by atoms with Crippen LogP contribution in [0.4, 0.5) is 19.1 Å². The molecule has 0 spiro atoms. The number of nitrogens with two attached hydrogens (primary N) is 1. The normalized spacial score (nSPS) is 13.6. The zero-order valence-electron chi connectivity index (χ0n) is 11.2. The van der Waals surface area contributed by atoms with Gasteiger partial charge in [0.05, 0.1) is 5.25 Å². The Balaban J connectivity index is 2.67. The zero-order chi connectivity index (χ0) is 15.5. The van der Waals surface area contributed by atoms with Gasteiger partial charge in [-0.2, -0.15) is 13.2 Å². The first-order valence-corrected chi connectivity index (χ1v) is 6.71.